The number of aromatic hydroxyl groups is 1. The van der Waals surface area contributed by atoms with E-state index >= 15 is 0 Å². The molecule has 2 amide bonds. The maximum atomic E-state index is 12.5. The lowest BCUT2D eigenvalue weighted by atomic mass is 10.0. The minimum atomic E-state index is -0.624. The van der Waals surface area contributed by atoms with Gasteiger partial charge in [0.25, 0.3) is 5.91 Å². The van der Waals surface area contributed by atoms with Crippen LogP contribution in [0.5, 0.6) is 11.5 Å². The van der Waals surface area contributed by atoms with Gasteiger partial charge in [0, 0.05) is 32.0 Å². The van der Waals surface area contributed by atoms with Gasteiger partial charge in [-0.1, -0.05) is 0 Å². The minimum absolute atomic E-state index is 0.00295. The molecule has 2 rings (SSSR count). The number of ether oxygens (including phenoxy) is 1. The number of hydrogen-bond donors (Lipinski definition) is 2. The first kappa shape index (κ1) is 19.8. The Labute approximate surface area is 153 Å². The molecule has 26 heavy (non-hydrogen) atoms. The van der Waals surface area contributed by atoms with Crippen LogP contribution in [-0.2, 0) is 14.4 Å². The second-order valence-corrected chi connectivity index (χ2v) is 6.62. The second-order valence-electron chi connectivity index (χ2n) is 6.62. The number of Topliss-reactive ketones (excluding diaryl/α,β-unsaturated/α-hetero) is 1. The number of ketones is 1. The molecule has 1 aromatic carbocycles. The molecule has 1 fully saturated rings. The molecular formula is C19H26N2O5. The van der Waals surface area contributed by atoms with Crippen LogP contribution in [0, 0.1) is 0 Å². The summed E-state index contributed by atoms with van der Waals surface area (Å²) in [4.78, 5) is 36.9. The molecule has 1 saturated heterocycles. The van der Waals surface area contributed by atoms with Gasteiger partial charge in [0.05, 0.1) is 0 Å². The summed E-state index contributed by atoms with van der Waals surface area (Å²) >= 11 is 0. The molecular weight excluding hydrogens is 336 g/mol. The Bertz CT molecular complexity index is 636. The summed E-state index contributed by atoms with van der Waals surface area (Å²) in [7, 11) is 0. The van der Waals surface area contributed by atoms with E-state index in [2.05, 4.69) is 5.32 Å². The third kappa shape index (κ3) is 6.06. The Morgan fingerprint density at radius 1 is 1.19 bits per heavy atom. The van der Waals surface area contributed by atoms with Crippen molar-refractivity contribution >= 4 is 17.6 Å². The van der Waals surface area contributed by atoms with Crippen molar-refractivity contribution in [2.45, 2.75) is 51.7 Å². The molecule has 1 aliphatic rings. The van der Waals surface area contributed by atoms with Crippen LogP contribution in [0.4, 0.5) is 0 Å². The molecule has 0 aromatic heterocycles. The number of carbonyl (C=O) groups is 3. The van der Waals surface area contributed by atoms with Crippen molar-refractivity contribution in [2.75, 3.05) is 13.1 Å². The van der Waals surface area contributed by atoms with E-state index in [1.165, 1.54) is 19.1 Å². The van der Waals surface area contributed by atoms with Crippen LogP contribution in [0.15, 0.2) is 24.3 Å². The highest BCUT2D eigenvalue weighted by atomic mass is 16.5. The van der Waals surface area contributed by atoms with Gasteiger partial charge in [0.1, 0.15) is 17.3 Å². The topological polar surface area (TPSA) is 95.9 Å². The number of hydrogen-bond acceptors (Lipinski definition) is 5. The standard InChI is InChI=1S/C19H26N2O5/c1-13(22)3-8-18(24)20-15-9-11-21(12-10-15)19(25)14(2)26-17-6-4-16(23)5-7-17/h4-7,14-15,23H,3,8-12H2,1-2H3,(H,20,24). The molecule has 0 saturated carbocycles. The predicted octanol–water partition coefficient (Wildman–Crippen LogP) is 1.64. The Morgan fingerprint density at radius 3 is 2.38 bits per heavy atom. The first-order valence-electron chi connectivity index (χ1n) is 8.88. The van der Waals surface area contributed by atoms with E-state index in [-0.39, 0.29) is 42.2 Å². The maximum Gasteiger partial charge on any atom is 0.263 e. The third-order valence-corrected chi connectivity index (χ3v) is 4.37. The average molecular weight is 362 g/mol. The zero-order chi connectivity index (χ0) is 19.1. The van der Waals surface area contributed by atoms with Crippen LogP contribution < -0.4 is 10.1 Å². The molecule has 0 bridgehead atoms. The van der Waals surface area contributed by atoms with Gasteiger partial charge in [-0.2, -0.15) is 0 Å². The Morgan fingerprint density at radius 2 is 1.81 bits per heavy atom. The smallest absolute Gasteiger partial charge is 0.263 e. The molecule has 142 valence electrons. The van der Waals surface area contributed by atoms with E-state index < -0.39 is 6.10 Å². The van der Waals surface area contributed by atoms with Crippen molar-refractivity contribution in [2.24, 2.45) is 0 Å². The van der Waals surface area contributed by atoms with Gasteiger partial charge in [0.2, 0.25) is 5.91 Å². The molecule has 1 unspecified atom stereocenters. The number of rotatable bonds is 7. The van der Waals surface area contributed by atoms with Crippen LogP contribution in [0.25, 0.3) is 0 Å². The summed E-state index contributed by atoms with van der Waals surface area (Å²) in [5, 5.41) is 12.2. The van der Waals surface area contributed by atoms with Gasteiger partial charge in [-0.05, 0) is 51.0 Å². The highest BCUT2D eigenvalue weighted by Crippen LogP contribution is 2.19. The van der Waals surface area contributed by atoms with Crippen LogP contribution >= 0.6 is 0 Å². The van der Waals surface area contributed by atoms with Gasteiger partial charge in [-0.15, -0.1) is 0 Å². The molecule has 0 aliphatic carbocycles. The summed E-state index contributed by atoms with van der Waals surface area (Å²) in [6, 6.07) is 6.27. The molecule has 2 N–H and O–H groups in total. The second kappa shape index (κ2) is 9.22. The van der Waals surface area contributed by atoms with Crippen LogP contribution in [0.2, 0.25) is 0 Å². The number of benzene rings is 1. The maximum absolute atomic E-state index is 12.5. The fourth-order valence-electron chi connectivity index (χ4n) is 2.87. The molecule has 1 aliphatic heterocycles. The van der Waals surface area contributed by atoms with Gasteiger partial charge >= 0.3 is 0 Å². The number of nitrogens with one attached hydrogen (secondary N) is 1. The molecule has 0 radical (unpaired) electrons. The SMILES string of the molecule is CC(=O)CCC(=O)NC1CCN(C(=O)C(C)Oc2ccc(O)cc2)CC1. The first-order chi connectivity index (χ1) is 12.3. The summed E-state index contributed by atoms with van der Waals surface area (Å²) in [5.74, 6) is 0.455. The monoisotopic (exact) mass is 362 g/mol. The lowest BCUT2D eigenvalue weighted by Crippen LogP contribution is -2.49. The normalized spacial score (nSPS) is 16.0. The van der Waals surface area contributed by atoms with E-state index in [9.17, 15) is 19.5 Å². The number of amides is 2. The van der Waals surface area contributed by atoms with Crippen molar-refractivity contribution in [3.8, 4) is 11.5 Å². The van der Waals surface area contributed by atoms with E-state index in [0.717, 1.165) is 0 Å². The summed E-state index contributed by atoms with van der Waals surface area (Å²) < 4.78 is 5.63. The fourth-order valence-corrected chi connectivity index (χ4v) is 2.87. The first-order valence-corrected chi connectivity index (χ1v) is 8.88. The highest BCUT2D eigenvalue weighted by molar-refractivity contribution is 5.83. The number of nitrogens with zero attached hydrogens (tertiary/aromatic N) is 1. The minimum Gasteiger partial charge on any atom is -0.508 e. The number of piperidine rings is 1. The average Bonchev–Trinajstić information content (AvgIpc) is 2.62. The summed E-state index contributed by atoms with van der Waals surface area (Å²) in [6.45, 7) is 4.28. The van der Waals surface area contributed by atoms with Crippen molar-refractivity contribution in [3.63, 3.8) is 0 Å². The predicted molar refractivity (Wildman–Crippen MR) is 95.9 cm³/mol. The number of phenolic OH excluding ortho intramolecular Hbond substituents is 1. The van der Waals surface area contributed by atoms with Gasteiger partial charge in [-0.3, -0.25) is 9.59 Å². The highest BCUT2D eigenvalue weighted by Gasteiger charge is 2.27. The lowest BCUT2D eigenvalue weighted by molar-refractivity contribution is -0.139. The quantitative estimate of drug-likeness (QED) is 0.769. The zero-order valence-corrected chi connectivity index (χ0v) is 15.2. The molecule has 1 heterocycles. The molecule has 7 nitrogen and oxygen atoms in total. The van der Waals surface area contributed by atoms with E-state index in [0.29, 0.717) is 31.7 Å². The number of phenols is 1. The molecule has 1 aromatic rings. The lowest BCUT2D eigenvalue weighted by Gasteiger charge is -2.33. The van der Waals surface area contributed by atoms with Gasteiger partial charge in [-0.25, -0.2) is 0 Å². The van der Waals surface area contributed by atoms with Gasteiger partial charge < -0.3 is 24.9 Å². The van der Waals surface area contributed by atoms with E-state index in [1.54, 1.807) is 24.0 Å². The van der Waals surface area contributed by atoms with Crippen LogP contribution in [0.1, 0.15) is 39.5 Å². The Hall–Kier alpha value is -2.57. The van der Waals surface area contributed by atoms with Crippen molar-refractivity contribution in [3.05, 3.63) is 24.3 Å². The molecule has 0 spiro atoms. The van der Waals surface area contributed by atoms with Gasteiger partial charge in [0.15, 0.2) is 6.10 Å². The van der Waals surface area contributed by atoms with Crippen LogP contribution in [-0.4, -0.2) is 52.8 Å². The van der Waals surface area contributed by atoms with Crippen molar-refractivity contribution in [1.82, 2.24) is 10.2 Å². The number of carbonyl (C=O) groups excluding carboxylic acids is 3. The largest absolute Gasteiger partial charge is 0.508 e. The van der Waals surface area contributed by atoms with Crippen LogP contribution in [0.3, 0.4) is 0 Å². The summed E-state index contributed by atoms with van der Waals surface area (Å²) in [6.07, 6.45) is 1.22. The molecule has 1 atom stereocenters. The zero-order valence-electron chi connectivity index (χ0n) is 15.2. The summed E-state index contributed by atoms with van der Waals surface area (Å²) in [5.41, 5.74) is 0. The molecule has 7 heteroatoms. The van der Waals surface area contributed by atoms with Crippen molar-refractivity contribution < 1.29 is 24.2 Å². The fraction of sp³-hybridized carbons (Fsp3) is 0.526. The van der Waals surface area contributed by atoms with Crippen molar-refractivity contribution in [1.29, 1.82) is 0 Å². The van der Waals surface area contributed by atoms with E-state index in [1.807, 2.05) is 0 Å². The third-order valence-electron chi connectivity index (χ3n) is 4.37. The number of likely N-dealkylation sites (tertiary alicyclic amines) is 1. The Balaban J connectivity index is 1.75. The Kier molecular flexibility index (Phi) is 7.00. The van der Waals surface area contributed by atoms with E-state index in [4.69, 9.17) is 4.74 Å².